The van der Waals surface area contributed by atoms with Crippen LogP contribution in [-0.2, 0) is 4.74 Å². The zero-order valence-corrected chi connectivity index (χ0v) is 11.7. The van der Waals surface area contributed by atoms with Gasteiger partial charge in [0.25, 0.3) is 0 Å². The van der Waals surface area contributed by atoms with E-state index in [1.165, 1.54) is 32.2 Å². The Morgan fingerprint density at radius 1 is 1.29 bits per heavy atom. The molecule has 2 aliphatic rings. The van der Waals surface area contributed by atoms with Crippen molar-refractivity contribution in [1.82, 2.24) is 10.2 Å². The number of nitrogens with zero attached hydrogens (tertiary/aromatic N) is 1. The Hall–Kier alpha value is -0.120. The van der Waals surface area contributed by atoms with Crippen LogP contribution in [0.25, 0.3) is 0 Å². The van der Waals surface area contributed by atoms with E-state index in [-0.39, 0.29) is 0 Å². The van der Waals surface area contributed by atoms with Gasteiger partial charge in [0.1, 0.15) is 0 Å². The zero-order valence-electron chi connectivity index (χ0n) is 11.7. The fourth-order valence-corrected chi connectivity index (χ4v) is 2.79. The molecular formula is C14H28N2O. The van der Waals surface area contributed by atoms with Crippen LogP contribution in [0.2, 0.25) is 0 Å². The van der Waals surface area contributed by atoms with Gasteiger partial charge >= 0.3 is 0 Å². The predicted molar refractivity (Wildman–Crippen MR) is 71.3 cm³/mol. The van der Waals surface area contributed by atoms with Gasteiger partial charge in [0.15, 0.2) is 0 Å². The highest BCUT2D eigenvalue weighted by atomic mass is 16.5. The number of rotatable bonds is 6. The Balaban J connectivity index is 1.89. The molecule has 3 nitrogen and oxygen atoms in total. The minimum absolute atomic E-state index is 0.444. The highest BCUT2D eigenvalue weighted by Gasteiger charge is 2.37. The summed E-state index contributed by atoms with van der Waals surface area (Å²) in [6, 6.07) is 1.45. The van der Waals surface area contributed by atoms with Gasteiger partial charge in [-0.1, -0.05) is 13.8 Å². The van der Waals surface area contributed by atoms with Crippen molar-refractivity contribution in [2.45, 2.75) is 51.6 Å². The summed E-state index contributed by atoms with van der Waals surface area (Å²) in [7, 11) is 2.30. The maximum Gasteiger partial charge on any atom is 0.0472 e. The van der Waals surface area contributed by atoms with Crippen molar-refractivity contribution < 1.29 is 4.74 Å². The first kappa shape index (κ1) is 13.3. The van der Waals surface area contributed by atoms with Crippen LogP contribution < -0.4 is 5.32 Å². The Morgan fingerprint density at radius 2 is 1.94 bits per heavy atom. The fourth-order valence-electron chi connectivity index (χ4n) is 2.79. The molecule has 0 unspecified atom stereocenters. The average molecular weight is 240 g/mol. The summed E-state index contributed by atoms with van der Waals surface area (Å²) < 4.78 is 5.54. The van der Waals surface area contributed by atoms with E-state index < -0.39 is 0 Å². The smallest absolute Gasteiger partial charge is 0.0472 e. The van der Waals surface area contributed by atoms with Crippen molar-refractivity contribution in [2.75, 3.05) is 33.4 Å². The van der Waals surface area contributed by atoms with E-state index in [1.807, 2.05) is 0 Å². The highest BCUT2D eigenvalue weighted by molar-refractivity contribution is 4.91. The SMILES string of the molecule is CC(C)NCC1(CN(C)C2CC2)CCOCC1. The van der Waals surface area contributed by atoms with Gasteiger partial charge in [-0.05, 0) is 38.1 Å². The van der Waals surface area contributed by atoms with Crippen LogP contribution in [0.15, 0.2) is 0 Å². The number of ether oxygens (including phenoxy) is 1. The second-order valence-corrected chi connectivity index (χ2v) is 6.29. The van der Waals surface area contributed by atoms with Crippen LogP contribution in [0.5, 0.6) is 0 Å². The summed E-state index contributed by atoms with van der Waals surface area (Å²) in [6.07, 6.45) is 5.23. The molecular weight excluding hydrogens is 212 g/mol. The molecule has 0 aromatic rings. The van der Waals surface area contributed by atoms with Gasteiger partial charge < -0.3 is 15.0 Å². The first-order chi connectivity index (χ1) is 8.11. The van der Waals surface area contributed by atoms with E-state index in [4.69, 9.17) is 4.74 Å². The zero-order chi connectivity index (χ0) is 12.3. The standard InChI is InChI=1S/C14H28N2O/c1-12(2)15-10-14(6-8-17-9-7-14)11-16(3)13-4-5-13/h12-13,15H,4-11H2,1-3H3. The van der Waals surface area contributed by atoms with Gasteiger partial charge in [0.05, 0.1) is 0 Å². The summed E-state index contributed by atoms with van der Waals surface area (Å²) in [4.78, 5) is 2.58. The Bertz CT molecular complexity index is 232. The third kappa shape index (κ3) is 3.94. The van der Waals surface area contributed by atoms with Crippen molar-refractivity contribution in [1.29, 1.82) is 0 Å². The van der Waals surface area contributed by atoms with Crippen LogP contribution in [0.4, 0.5) is 0 Å². The van der Waals surface area contributed by atoms with Crippen LogP contribution >= 0.6 is 0 Å². The number of nitrogens with one attached hydrogen (secondary N) is 1. The van der Waals surface area contributed by atoms with Crippen molar-refractivity contribution >= 4 is 0 Å². The molecule has 1 saturated heterocycles. The lowest BCUT2D eigenvalue weighted by molar-refractivity contribution is -0.00254. The fraction of sp³-hybridized carbons (Fsp3) is 1.00. The van der Waals surface area contributed by atoms with Crippen LogP contribution in [0, 0.1) is 5.41 Å². The molecule has 0 spiro atoms. The van der Waals surface area contributed by atoms with Crippen molar-refractivity contribution in [3.8, 4) is 0 Å². The third-order valence-corrected chi connectivity index (χ3v) is 4.19. The van der Waals surface area contributed by atoms with Gasteiger partial charge in [0, 0.05) is 38.4 Å². The molecule has 1 saturated carbocycles. The Labute approximate surface area is 106 Å². The molecule has 2 fully saturated rings. The second kappa shape index (κ2) is 5.68. The summed E-state index contributed by atoms with van der Waals surface area (Å²) in [6.45, 7) is 8.73. The van der Waals surface area contributed by atoms with Crippen LogP contribution in [-0.4, -0.2) is 50.3 Å². The molecule has 2 rings (SSSR count). The van der Waals surface area contributed by atoms with E-state index in [2.05, 4.69) is 31.1 Å². The van der Waals surface area contributed by atoms with Gasteiger partial charge in [-0.2, -0.15) is 0 Å². The number of hydrogen-bond donors (Lipinski definition) is 1. The topological polar surface area (TPSA) is 24.5 Å². The maximum atomic E-state index is 5.54. The third-order valence-electron chi connectivity index (χ3n) is 4.19. The Kier molecular flexibility index (Phi) is 4.45. The highest BCUT2D eigenvalue weighted by Crippen LogP contribution is 2.34. The molecule has 0 aromatic heterocycles. The molecule has 100 valence electrons. The molecule has 3 heteroatoms. The molecule has 17 heavy (non-hydrogen) atoms. The van der Waals surface area contributed by atoms with Crippen molar-refractivity contribution in [3.63, 3.8) is 0 Å². The molecule has 1 aliphatic heterocycles. The summed E-state index contributed by atoms with van der Waals surface area (Å²) in [5.74, 6) is 0. The van der Waals surface area contributed by atoms with E-state index >= 15 is 0 Å². The van der Waals surface area contributed by atoms with E-state index in [0.717, 1.165) is 25.8 Å². The van der Waals surface area contributed by atoms with E-state index in [0.29, 0.717) is 11.5 Å². The average Bonchev–Trinajstić information content (AvgIpc) is 3.11. The molecule has 0 bridgehead atoms. The largest absolute Gasteiger partial charge is 0.381 e. The molecule has 1 heterocycles. The van der Waals surface area contributed by atoms with E-state index in [9.17, 15) is 0 Å². The van der Waals surface area contributed by atoms with Gasteiger partial charge in [-0.15, -0.1) is 0 Å². The molecule has 1 N–H and O–H groups in total. The minimum Gasteiger partial charge on any atom is -0.381 e. The molecule has 0 radical (unpaired) electrons. The van der Waals surface area contributed by atoms with Crippen LogP contribution in [0.3, 0.4) is 0 Å². The minimum atomic E-state index is 0.444. The second-order valence-electron chi connectivity index (χ2n) is 6.29. The summed E-state index contributed by atoms with van der Waals surface area (Å²) >= 11 is 0. The monoisotopic (exact) mass is 240 g/mol. The first-order valence-corrected chi connectivity index (χ1v) is 7.13. The summed E-state index contributed by atoms with van der Waals surface area (Å²) in [5, 5.41) is 3.64. The van der Waals surface area contributed by atoms with Crippen LogP contribution in [0.1, 0.15) is 39.5 Å². The van der Waals surface area contributed by atoms with Gasteiger partial charge in [-0.25, -0.2) is 0 Å². The summed E-state index contributed by atoms with van der Waals surface area (Å²) in [5.41, 5.74) is 0.444. The lowest BCUT2D eigenvalue weighted by atomic mass is 9.79. The maximum absolute atomic E-state index is 5.54. The quantitative estimate of drug-likeness (QED) is 0.767. The molecule has 1 aliphatic carbocycles. The predicted octanol–water partition coefficient (Wildman–Crippen LogP) is 1.88. The van der Waals surface area contributed by atoms with Gasteiger partial charge in [-0.3, -0.25) is 0 Å². The molecule has 0 amide bonds. The Morgan fingerprint density at radius 3 is 2.47 bits per heavy atom. The first-order valence-electron chi connectivity index (χ1n) is 7.13. The lowest BCUT2D eigenvalue weighted by Crippen LogP contribution is -2.48. The lowest BCUT2D eigenvalue weighted by Gasteiger charge is -2.41. The van der Waals surface area contributed by atoms with E-state index in [1.54, 1.807) is 0 Å². The van der Waals surface area contributed by atoms with Crippen molar-refractivity contribution in [2.24, 2.45) is 5.41 Å². The number of hydrogen-bond acceptors (Lipinski definition) is 3. The molecule has 0 atom stereocenters. The normalized spacial score (nSPS) is 24.5. The van der Waals surface area contributed by atoms with Gasteiger partial charge in [0.2, 0.25) is 0 Å². The van der Waals surface area contributed by atoms with Crippen molar-refractivity contribution in [3.05, 3.63) is 0 Å². The molecule has 0 aromatic carbocycles.